The Hall–Kier alpha value is -1.54. The van der Waals surface area contributed by atoms with E-state index in [-0.39, 0.29) is 0 Å². The molecule has 0 amide bonds. The lowest BCUT2D eigenvalue weighted by atomic mass is 10.2. The molecule has 0 spiro atoms. The normalized spacial score (nSPS) is 13.4. The van der Waals surface area contributed by atoms with Gasteiger partial charge in [-0.15, -0.1) is 0 Å². The molecule has 0 aliphatic rings. The van der Waals surface area contributed by atoms with Crippen molar-refractivity contribution < 1.29 is 27.1 Å². The number of nitrogens with zero attached hydrogens (tertiary/aromatic N) is 1. The van der Waals surface area contributed by atoms with Crippen molar-refractivity contribution in [2.75, 3.05) is 6.54 Å². The quantitative estimate of drug-likeness (QED) is 0.870. The Balaban J connectivity index is 3.31. The van der Waals surface area contributed by atoms with Gasteiger partial charge in [0.2, 0.25) is 10.0 Å². The minimum atomic E-state index is -4.28. The number of hydrogen-bond acceptors (Lipinski definition) is 3. The van der Waals surface area contributed by atoms with Crippen LogP contribution in [0.4, 0.5) is 8.78 Å². The Labute approximate surface area is 115 Å². The molecule has 0 aliphatic heterocycles. The first-order valence-corrected chi connectivity index (χ1v) is 7.32. The number of hydrogen-bond donors (Lipinski definition) is 1. The summed E-state index contributed by atoms with van der Waals surface area (Å²) in [6.45, 7) is 2.44. The molecule has 0 bridgehead atoms. The second-order valence-corrected chi connectivity index (χ2v) is 6.20. The SMILES string of the molecule is CCC(C)N(CC(=O)O)S(=O)(=O)c1cc(F)cc(F)c1. The lowest BCUT2D eigenvalue weighted by Crippen LogP contribution is -2.41. The van der Waals surface area contributed by atoms with E-state index >= 15 is 0 Å². The fourth-order valence-corrected chi connectivity index (χ4v) is 3.32. The molecule has 112 valence electrons. The van der Waals surface area contributed by atoms with E-state index in [1.54, 1.807) is 6.92 Å². The van der Waals surface area contributed by atoms with Crippen LogP contribution in [-0.2, 0) is 14.8 Å². The maximum Gasteiger partial charge on any atom is 0.318 e. The average Bonchev–Trinajstić information content (AvgIpc) is 2.33. The molecule has 20 heavy (non-hydrogen) atoms. The van der Waals surface area contributed by atoms with Crippen LogP contribution in [0, 0.1) is 11.6 Å². The minimum Gasteiger partial charge on any atom is -0.480 e. The van der Waals surface area contributed by atoms with E-state index in [2.05, 4.69) is 0 Å². The molecule has 8 heteroatoms. The molecule has 1 rings (SSSR count). The molecular formula is C12H15F2NO4S. The summed E-state index contributed by atoms with van der Waals surface area (Å²) >= 11 is 0. The van der Waals surface area contributed by atoms with Crippen LogP contribution in [0.2, 0.25) is 0 Å². The van der Waals surface area contributed by atoms with Crippen LogP contribution >= 0.6 is 0 Å². The Bertz CT molecular complexity index is 583. The molecule has 0 aliphatic carbocycles. The van der Waals surface area contributed by atoms with E-state index in [0.29, 0.717) is 28.9 Å². The Morgan fingerprint density at radius 3 is 2.20 bits per heavy atom. The van der Waals surface area contributed by atoms with Gasteiger partial charge in [-0.05, 0) is 25.5 Å². The first-order chi connectivity index (χ1) is 9.18. The highest BCUT2D eigenvalue weighted by Gasteiger charge is 2.30. The molecular weight excluding hydrogens is 292 g/mol. The molecule has 5 nitrogen and oxygen atoms in total. The van der Waals surface area contributed by atoms with Crippen molar-refractivity contribution in [3.63, 3.8) is 0 Å². The Morgan fingerprint density at radius 2 is 1.80 bits per heavy atom. The summed E-state index contributed by atoms with van der Waals surface area (Å²) in [6.07, 6.45) is 0.365. The number of carboxylic acid groups (broad SMARTS) is 1. The van der Waals surface area contributed by atoms with Gasteiger partial charge in [0, 0.05) is 12.1 Å². The maximum atomic E-state index is 13.1. The monoisotopic (exact) mass is 307 g/mol. The predicted molar refractivity (Wildman–Crippen MR) is 67.6 cm³/mol. The standard InChI is InChI=1S/C12H15F2NO4S/c1-3-8(2)15(7-12(16)17)20(18,19)11-5-9(13)4-10(14)6-11/h4-6,8H,3,7H2,1-2H3,(H,16,17). The van der Waals surface area contributed by atoms with Crippen LogP contribution in [0.25, 0.3) is 0 Å². The zero-order chi connectivity index (χ0) is 15.5. The lowest BCUT2D eigenvalue weighted by Gasteiger charge is -2.26. The molecule has 0 fully saturated rings. The molecule has 1 N–H and O–H groups in total. The molecule has 1 aromatic rings. The summed E-state index contributed by atoms with van der Waals surface area (Å²) in [5, 5.41) is 8.79. The predicted octanol–water partition coefficient (Wildman–Crippen LogP) is 1.84. The van der Waals surface area contributed by atoms with E-state index in [4.69, 9.17) is 5.11 Å². The Morgan fingerprint density at radius 1 is 1.30 bits per heavy atom. The molecule has 1 unspecified atom stereocenters. The third-order valence-electron chi connectivity index (χ3n) is 2.82. The number of sulfonamides is 1. The van der Waals surface area contributed by atoms with Gasteiger partial charge in [-0.3, -0.25) is 4.79 Å². The summed E-state index contributed by atoms with van der Waals surface area (Å²) in [4.78, 5) is 10.2. The van der Waals surface area contributed by atoms with Gasteiger partial charge in [0.05, 0.1) is 4.90 Å². The van der Waals surface area contributed by atoms with Crippen molar-refractivity contribution in [3.05, 3.63) is 29.8 Å². The average molecular weight is 307 g/mol. The smallest absolute Gasteiger partial charge is 0.318 e. The van der Waals surface area contributed by atoms with Crippen molar-refractivity contribution in [2.45, 2.75) is 31.2 Å². The summed E-state index contributed by atoms with van der Waals surface area (Å²) in [7, 11) is -4.28. The van der Waals surface area contributed by atoms with Crippen LogP contribution in [0.5, 0.6) is 0 Å². The van der Waals surface area contributed by atoms with Crippen LogP contribution < -0.4 is 0 Å². The summed E-state index contributed by atoms with van der Waals surface area (Å²) in [5.41, 5.74) is 0. The number of carbonyl (C=O) groups is 1. The van der Waals surface area contributed by atoms with Crippen molar-refractivity contribution in [2.24, 2.45) is 0 Å². The van der Waals surface area contributed by atoms with Gasteiger partial charge in [0.15, 0.2) is 0 Å². The summed E-state index contributed by atoms with van der Waals surface area (Å²) in [5.74, 6) is -3.42. The summed E-state index contributed by atoms with van der Waals surface area (Å²) in [6, 6.07) is 1.26. The van der Waals surface area contributed by atoms with Crippen molar-refractivity contribution in [1.82, 2.24) is 4.31 Å². The zero-order valence-electron chi connectivity index (χ0n) is 11.0. The minimum absolute atomic E-state index is 0.365. The van der Waals surface area contributed by atoms with Gasteiger partial charge < -0.3 is 5.11 Å². The number of benzene rings is 1. The molecule has 0 radical (unpaired) electrons. The van der Waals surface area contributed by atoms with Crippen molar-refractivity contribution in [1.29, 1.82) is 0 Å². The van der Waals surface area contributed by atoms with E-state index in [0.717, 1.165) is 0 Å². The number of aliphatic carboxylic acids is 1. The highest BCUT2D eigenvalue weighted by Crippen LogP contribution is 2.21. The van der Waals surface area contributed by atoms with Gasteiger partial charge in [-0.2, -0.15) is 4.31 Å². The van der Waals surface area contributed by atoms with Crippen molar-refractivity contribution in [3.8, 4) is 0 Å². The fourth-order valence-electron chi connectivity index (χ4n) is 1.63. The van der Waals surface area contributed by atoms with Gasteiger partial charge in [-0.1, -0.05) is 6.92 Å². The Kier molecular flexibility index (Phi) is 5.18. The van der Waals surface area contributed by atoms with Gasteiger partial charge in [-0.25, -0.2) is 17.2 Å². The third-order valence-corrected chi connectivity index (χ3v) is 4.75. The lowest BCUT2D eigenvalue weighted by molar-refractivity contribution is -0.137. The van der Waals surface area contributed by atoms with Gasteiger partial charge >= 0.3 is 5.97 Å². The van der Waals surface area contributed by atoms with Crippen LogP contribution in [-0.4, -0.2) is 36.4 Å². The maximum absolute atomic E-state index is 13.1. The van der Waals surface area contributed by atoms with Gasteiger partial charge in [0.25, 0.3) is 0 Å². The fraction of sp³-hybridized carbons (Fsp3) is 0.417. The molecule has 0 saturated carbocycles. The summed E-state index contributed by atoms with van der Waals surface area (Å²) < 4.78 is 51.6. The number of rotatable bonds is 6. The topological polar surface area (TPSA) is 74.7 Å². The first kappa shape index (κ1) is 16.5. The number of carboxylic acids is 1. The second-order valence-electron chi connectivity index (χ2n) is 4.31. The van der Waals surface area contributed by atoms with Gasteiger partial charge in [0.1, 0.15) is 18.2 Å². The van der Waals surface area contributed by atoms with E-state index in [1.807, 2.05) is 0 Å². The first-order valence-electron chi connectivity index (χ1n) is 5.88. The van der Waals surface area contributed by atoms with E-state index < -0.39 is 45.1 Å². The van der Waals surface area contributed by atoms with E-state index in [1.165, 1.54) is 6.92 Å². The highest BCUT2D eigenvalue weighted by atomic mass is 32.2. The largest absolute Gasteiger partial charge is 0.480 e. The van der Waals surface area contributed by atoms with Crippen LogP contribution in [0.3, 0.4) is 0 Å². The van der Waals surface area contributed by atoms with Crippen LogP contribution in [0.1, 0.15) is 20.3 Å². The second kappa shape index (κ2) is 6.27. The molecule has 1 aromatic carbocycles. The molecule has 1 atom stereocenters. The zero-order valence-corrected chi connectivity index (χ0v) is 11.8. The van der Waals surface area contributed by atoms with Crippen molar-refractivity contribution >= 4 is 16.0 Å². The van der Waals surface area contributed by atoms with Crippen LogP contribution in [0.15, 0.2) is 23.1 Å². The van der Waals surface area contributed by atoms with E-state index in [9.17, 15) is 22.0 Å². The molecule has 0 saturated heterocycles. The third kappa shape index (κ3) is 3.73. The highest BCUT2D eigenvalue weighted by molar-refractivity contribution is 7.89. The molecule has 0 heterocycles. The number of halogens is 2. The molecule has 0 aromatic heterocycles.